The molecule has 0 rings (SSSR count). The number of hydrogen-bond donors (Lipinski definition) is 0. The molecule has 0 heterocycles. The first-order chi connectivity index (χ1) is 0. The fraction of sp³-hybridized carbons (Fsp3) is 0. The Hall–Kier alpha value is 3.10. The smallest absolute Gasteiger partial charge is 0 e. The van der Waals surface area contributed by atoms with Crippen LogP contribution in [0, 0.1) is 0 Å². The third-order valence-corrected chi connectivity index (χ3v) is 0. The van der Waals surface area contributed by atoms with Gasteiger partial charge in [-0.25, -0.2) is 0 Å². The van der Waals surface area contributed by atoms with Crippen molar-refractivity contribution in [1.29, 1.82) is 0 Å². The van der Waals surface area contributed by atoms with Gasteiger partial charge >= 0.3 is 27.3 Å². The summed E-state index contributed by atoms with van der Waals surface area (Å²) < 4.78 is 0. The number of hydrogen-bond acceptors (Lipinski definition) is 0. The van der Waals surface area contributed by atoms with Gasteiger partial charge in [-0.3, -0.25) is 0 Å². The summed E-state index contributed by atoms with van der Waals surface area (Å²) in [5, 5.41) is 0. The molecule has 8 N–H and O–H groups in total. The van der Waals surface area contributed by atoms with Crippen LogP contribution in [0.2, 0.25) is 0 Å². The Morgan fingerprint density at radius 2 is 0.625 bits per heavy atom. The van der Waals surface area contributed by atoms with E-state index in [-0.39, 0.29) is 120 Å². The zero-order chi connectivity index (χ0) is 0. The van der Waals surface area contributed by atoms with Crippen LogP contribution in [0.1, 0.15) is 0 Å². The predicted molar refractivity (Wildman–Crippen MR) is 23.0 cm³/mol. The molecule has 0 aliphatic rings. The minimum absolute atomic E-state index is 0. The van der Waals surface area contributed by atoms with E-state index in [2.05, 4.69) is 0 Å². The van der Waals surface area contributed by atoms with Crippen molar-refractivity contribution >= 4 is 27.3 Å². The Bertz CT molecular complexity index is 16.0. The zero-order valence-corrected chi connectivity index (χ0v) is 15.9. The Morgan fingerprint density at radius 3 is 0.625 bits per heavy atom. The molecule has 8 heteroatoms. The van der Waals surface area contributed by atoms with E-state index >= 15 is 0 Å². The van der Waals surface area contributed by atoms with Crippen LogP contribution < -0.4 is 0 Å². The summed E-state index contributed by atoms with van der Waals surface area (Å²) in [6, 6.07) is 0. The molecule has 0 aliphatic carbocycles. The molecular weight excluding hydrogens is 503 g/mol. The van der Waals surface area contributed by atoms with Crippen LogP contribution in [0.4, 0.5) is 0 Å². The molecule has 0 fully saturated rings. The van der Waals surface area contributed by atoms with Crippen LogP contribution in [0.25, 0.3) is 0 Å². The minimum Gasteiger partial charge on any atom is 0 e. The van der Waals surface area contributed by atoms with Crippen molar-refractivity contribution in [1.82, 2.24) is 0 Å². The van der Waals surface area contributed by atoms with Gasteiger partial charge in [0.25, 0.3) is 0 Å². The molecule has 4 nitrogen and oxygen atoms in total. The van der Waals surface area contributed by atoms with Gasteiger partial charge in [0.2, 0.25) is 0 Å². The molecule has 3 radical (unpaired) electrons. The summed E-state index contributed by atoms with van der Waals surface area (Å²) >= 11 is 0. The second kappa shape index (κ2) is 87.0. The van der Waals surface area contributed by atoms with Gasteiger partial charge in [-0.05, 0) is 0 Å². The maximum Gasteiger partial charge on any atom is 0 e. The Labute approximate surface area is 117 Å². The van der Waals surface area contributed by atoms with Gasteiger partial charge in [-0.1, -0.05) is 0 Å². The Kier molecular flexibility index (Phi) is 1280. The van der Waals surface area contributed by atoms with Crippen molar-refractivity contribution in [2.45, 2.75) is 0 Å². The molecule has 0 atom stereocenters. The van der Waals surface area contributed by atoms with E-state index < -0.39 is 0 Å². The van der Waals surface area contributed by atoms with Gasteiger partial charge in [0, 0.05) is 70.3 Å². The second-order valence-corrected chi connectivity index (χ2v) is 0. The largest absolute Gasteiger partial charge is 0 e. The molecule has 0 unspecified atom stereocenters. The standard InChI is InChI=1S/Nb.4H2O.Pb.Ti.Zr.2H/h;4*1H2;;;;;. The molecule has 0 amide bonds. The van der Waals surface area contributed by atoms with E-state index in [1.165, 1.54) is 0 Å². The van der Waals surface area contributed by atoms with Gasteiger partial charge < -0.3 is 21.9 Å². The quantitative estimate of drug-likeness (QED) is 0.292. The zero-order valence-electron chi connectivity index (χ0n) is 4.15. The van der Waals surface area contributed by atoms with Gasteiger partial charge in [-0.2, -0.15) is 0 Å². The van der Waals surface area contributed by atoms with Crippen molar-refractivity contribution in [3.8, 4) is 0 Å². The summed E-state index contributed by atoms with van der Waals surface area (Å²) in [4.78, 5) is 0. The Balaban J connectivity index is 0. The van der Waals surface area contributed by atoms with Gasteiger partial charge in [0.15, 0.2) is 0 Å². The molecule has 0 aliphatic heterocycles. The van der Waals surface area contributed by atoms with Crippen molar-refractivity contribution in [2.75, 3.05) is 0 Å². The summed E-state index contributed by atoms with van der Waals surface area (Å²) in [6.45, 7) is 0. The molecule has 0 saturated heterocycles. The summed E-state index contributed by atoms with van der Waals surface area (Å²) in [5.41, 5.74) is 0. The van der Waals surface area contributed by atoms with E-state index in [0.717, 1.165) is 0 Å². The third-order valence-electron chi connectivity index (χ3n) is 0. The minimum atomic E-state index is 0. The third kappa shape index (κ3) is 62.1. The molecule has 51 valence electrons. The molecule has 0 aromatic heterocycles. The first-order valence-electron chi connectivity index (χ1n) is 0. The first kappa shape index (κ1) is 118. The predicted octanol–water partition coefficient (Wildman–Crippen LogP) is -4.22. The van der Waals surface area contributed by atoms with E-state index in [1.54, 1.807) is 0 Å². The van der Waals surface area contributed by atoms with Crippen LogP contribution in [-0.4, -0.2) is 49.2 Å². The van der Waals surface area contributed by atoms with Crippen molar-refractivity contribution in [2.24, 2.45) is 0 Å². The number of rotatable bonds is 0. The van der Waals surface area contributed by atoms with Crippen LogP contribution in [0.5, 0.6) is 0 Å². The molecular formula is H10NbO4PbTiZr. The van der Waals surface area contributed by atoms with Gasteiger partial charge in [0.05, 0.1) is 0 Å². The first-order valence-corrected chi connectivity index (χ1v) is 0. The van der Waals surface area contributed by atoms with Crippen LogP contribution in [0.15, 0.2) is 0 Å². The molecule has 0 saturated carbocycles. The van der Waals surface area contributed by atoms with Crippen molar-refractivity contribution in [3.63, 3.8) is 0 Å². The summed E-state index contributed by atoms with van der Waals surface area (Å²) in [6.07, 6.45) is 0. The van der Waals surface area contributed by atoms with Gasteiger partial charge in [0.1, 0.15) is 0 Å². The average Bonchev–Trinajstić information content (AvgIpc) is 0. The second-order valence-electron chi connectivity index (χ2n) is 0. The summed E-state index contributed by atoms with van der Waals surface area (Å²) in [7, 11) is 0. The summed E-state index contributed by atoms with van der Waals surface area (Å²) in [5.74, 6) is 0. The van der Waals surface area contributed by atoms with E-state index in [0.29, 0.717) is 0 Å². The maximum absolute atomic E-state index is 0. The molecule has 8 heavy (non-hydrogen) atoms. The van der Waals surface area contributed by atoms with Crippen LogP contribution in [-0.2, 0) is 70.3 Å². The van der Waals surface area contributed by atoms with Crippen LogP contribution >= 0.6 is 0 Å². The fourth-order valence-corrected chi connectivity index (χ4v) is 0. The Morgan fingerprint density at radius 1 is 0.625 bits per heavy atom. The maximum atomic E-state index is 0. The molecule has 0 aromatic carbocycles. The fourth-order valence-electron chi connectivity index (χ4n) is 0. The van der Waals surface area contributed by atoms with Crippen molar-refractivity contribution < 1.29 is 92.2 Å². The van der Waals surface area contributed by atoms with E-state index in [4.69, 9.17) is 0 Å². The van der Waals surface area contributed by atoms with E-state index in [1.807, 2.05) is 0 Å². The SMILES string of the molecule is O.O.O.O.[Nb].[PbH2].[Ti].[Zr]. The van der Waals surface area contributed by atoms with Gasteiger partial charge in [-0.15, -0.1) is 0 Å². The topological polar surface area (TPSA) is 126 Å². The monoisotopic (exact) mass is 513 g/mol. The van der Waals surface area contributed by atoms with Crippen LogP contribution in [0.3, 0.4) is 0 Å². The normalized spacial score (nSPS) is 0. The molecule has 0 aromatic rings. The molecule has 0 spiro atoms. The molecule has 0 bridgehead atoms. The van der Waals surface area contributed by atoms with E-state index in [9.17, 15) is 0 Å². The van der Waals surface area contributed by atoms with Crippen molar-refractivity contribution in [3.05, 3.63) is 0 Å². The average molecular weight is 513 g/mol.